The lowest BCUT2D eigenvalue weighted by molar-refractivity contribution is 0.296. The summed E-state index contributed by atoms with van der Waals surface area (Å²) >= 11 is 0. The Hall–Kier alpha value is -1.42. The molecule has 0 bridgehead atoms. The highest BCUT2D eigenvalue weighted by Crippen LogP contribution is 2.36. The van der Waals surface area contributed by atoms with E-state index in [-0.39, 0.29) is 0 Å². The summed E-state index contributed by atoms with van der Waals surface area (Å²) in [5.74, 6) is 2.37. The number of rotatable bonds is 3. The number of ether oxygens (including phenoxy) is 3. The van der Waals surface area contributed by atoms with E-state index in [4.69, 9.17) is 19.9 Å². The molecular weight excluding hydrogens is 206 g/mol. The Labute approximate surface area is 95.3 Å². The number of nitrogens with two attached hydrogens (primary N) is 1. The molecule has 1 aliphatic rings. The minimum Gasteiger partial charge on any atom is -0.496 e. The maximum atomic E-state index is 5.61. The van der Waals surface area contributed by atoms with Gasteiger partial charge >= 0.3 is 0 Å². The van der Waals surface area contributed by atoms with Gasteiger partial charge in [0.15, 0.2) is 11.5 Å². The first-order valence-corrected chi connectivity index (χ1v) is 5.51. The molecule has 0 amide bonds. The summed E-state index contributed by atoms with van der Waals surface area (Å²) < 4.78 is 16.5. The van der Waals surface area contributed by atoms with Crippen molar-refractivity contribution < 1.29 is 14.2 Å². The predicted molar refractivity (Wildman–Crippen MR) is 61.4 cm³/mol. The van der Waals surface area contributed by atoms with Gasteiger partial charge in [-0.3, -0.25) is 0 Å². The molecule has 1 aromatic rings. The molecule has 1 aromatic carbocycles. The zero-order chi connectivity index (χ0) is 11.4. The predicted octanol–water partition coefficient (Wildman–Crippen LogP) is 1.36. The second-order valence-electron chi connectivity index (χ2n) is 3.70. The molecule has 2 N–H and O–H groups in total. The highest BCUT2D eigenvalue weighted by molar-refractivity contribution is 5.51. The number of hydrogen-bond donors (Lipinski definition) is 1. The molecule has 0 aliphatic carbocycles. The number of hydrogen-bond acceptors (Lipinski definition) is 4. The first-order chi connectivity index (χ1) is 7.85. The maximum Gasteiger partial charge on any atom is 0.164 e. The lowest BCUT2D eigenvalue weighted by atomic mass is 10.1. The molecule has 0 atom stereocenters. The van der Waals surface area contributed by atoms with Crippen LogP contribution in [0.15, 0.2) is 12.1 Å². The van der Waals surface area contributed by atoms with Crippen molar-refractivity contribution in [1.29, 1.82) is 0 Å². The standard InChI is InChI=1S/C12H17NO3/c1-14-10-8-12-11(7-9(10)3-4-13)15-5-2-6-16-12/h7-8H,2-6,13H2,1H3. The summed E-state index contributed by atoms with van der Waals surface area (Å²) in [7, 11) is 1.65. The van der Waals surface area contributed by atoms with Gasteiger partial charge in [0.2, 0.25) is 0 Å². The summed E-state index contributed by atoms with van der Waals surface area (Å²) in [5, 5.41) is 0. The minimum atomic E-state index is 0.593. The second-order valence-corrected chi connectivity index (χ2v) is 3.70. The Balaban J connectivity index is 2.36. The molecule has 0 spiro atoms. The van der Waals surface area contributed by atoms with E-state index in [2.05, 4.69) is 0 Å². The largest absolute Gasteiger partial charge is 0.496 e. The van der Waals surface area contributed by atoms with E-state index < -0.39 is 0 Å². The molecule has 0 unspecified atom stereocenters. The van der Waals surface area contributed by atoms with Gasteiger partial charge in [-0.1, -0.05) is 0 Å². The molecule has 0 fully saturated rings. The van der Waals surface area contributed by atoms with Crippen LogP contribution in [0.2, 0.25) is 0 Å². The van der Waals surface area contributed by atoms with Gasteiger partial charge in [0.1, 0.15) is 5.75 Å². The Morgan fingerprint density at radius 2 is 1.94 bits per heavy atom. The van der Waals surface area contributed by atoms with Crippen molar-refractivity contribution in [3.8, 4) is 17.2 Å². The summed E-state index contributed by atoms with van der Waals surface area (Å²) in [6.07, 6.45) is 1.68. The van der Waals surface area contributed by atoms with E-state index in [1.165, 1.54) is 0 Å². The summed E-state index contributed by atoms with van der Waals surface area (Å²) in [6, 6.07) is 3.85. The van der Waals surface area contributed by atoms with Crippen molar-refractivity contribution in [2.75, 3.05) is 26.9 Å². The van der Waals surface area contributed by atoms with Crippen LogP contribution in [0.4, 0.5) is 0 Å². The van der Waals surface area contributed by atoms with Crippen molar-refractivity contribution in [3.63, 3.8) is 0 Å². The van der Waals surface area contributed by atoms with Crippen molar-refractivity contribution in [2.24, 2.45) is 5.73 Å². The van der Waals surface area contributed by atoms with Crippen LogP contribution in [0.5, 0.6) is 17.2 Å². The molecule has 0 saturated heterocycles. The fourth-order valence-electron chi connectivity index (χ4n) is 1.77. The summed E-state index contributed by atoms with van der Waals surface area (Å²) in [4.78, 5) is 0. The number of fused-ring (bicyclic) bond motifs is 1. The topological polar surface area (TPSA) is 53.7 Å². The van der Waals surface area contributed by atoms with Crippen molar-refractivity contribution in [3.05, 3.63) is 17.7 Å². The van der Waals surface area contributed by atoms with E-state index in [0.717, 1.165) is 35.7 Å². The fourth-order valence-corrected chi connectivity index (χ4v) is 1.77. The van der Waals surface area contributed by atoms with Gasteiger partial charge in [-0.2, -0.15) is 0 Å². The van der Waals surface area contributed by atoms with E-state index in [1.54, 1.807) is 7.11 Å². The van der Waals surface area contributed by atoms with Crippen LogP contribution in [-0.4, -0.2) is 26.9 Å². The minimum absolute atomic E-state index is 0.593. The average Bonchev–Trinajstić information content (AvgIpc) is 2.53. The molecule has 16 heavy (non-hydrogen) atoms. The number of benzene rings is 1. The lowest BCUT2D eigenvalue weighted by Gasteiger charge is -2.13. The highest BCUT2D eigenvalue weighted by Gasteiger charge is 2.14. The molecule has 1 aliphatic heterocycles. The van der Waals surface area contributed by atoms with Crippen LogP contribution in [-0.2, 0) is 6.42 Å². The van der Waals surface area contributed by atoms with Crippen LogP contribution in [0.1, 0.15) is 12.0 Å². The molecule has 4 nitrogen and oxygen atoms in total. The van der Waals surface area contributed by atoms with E-state index in [1.807, 2.05) is 12.1 Å². The van der Waals surface area contributed by atoms with Gasteiger partial charge in [0.25, 0.3) is 0 Å². The van der Waals surface area contributed by atoms with E-state index >= 15 is 0 Å². The van der Waals surface area contributed by atoms with Crippen LogP contribution in [0.25, 0.3) is 0 Å². The van der Waals surface area contributed by atoms with Crippen LogP contribution in [0, 0.1) is 0 Å². The lowest BCUT2D eigenvalue weighted by Crippen LogP contribution is -2.05. The fraction of sp³-hybridized carbons (Fsp3) is 0.500. The summed E-state index contributed by atoms with van der Waals surface area (Å²) in [6.45, 7) is 1.98. The van der Waals surface area contributed by atoms with Crippen LogP contribution >= 0.6 is 0 Å². The SMILES string of the molecule is COc1cc2c(cc1CCN)OCCCO2. The average molecular weight is 223 g/mol. The second kappa shape index (κ2) is 5.07. The Kier molecular flexibility index (Phi) is 3.51. The molecule has 1 heterocycles. The van der Waals surface area contributed by atoms with Crippen molar-refractivity contribution >= 4 is 0 Å². The third-order valence-corrected chi connectivity index (χ3v) is 2.56. The first kappa shape index (κ1) is 11.1. The monoisotopic (exact) mass is 223 g/mol. The zero-order valence-electron chi connectivity index (χ0n) is 9.49. The summed E-state index contributed by atoms with van der Waals surface area (Å²) in [5.41, 5.74) is 6.63. The maximum absolute atomic E-state index is 5.61. The van der Waals surface area contributed by atoms with Gasteiger partial charge in [-0.25, -0.2) is 0 Å². The Morgan fingerprint density at radius 1 is 1.25 bits per heavy atom. The first-order valence-electron chi connectivity index (χ1n) is 5.51. The Bertz CT molecular complexity index is 365. The molecule has 0 radical (unpaired) electrons. The molecule has 2 rings (SSSR count). The Morgan fingerprint density at radius 3 is 2.56 bits per heavy atom. The van der Waals surface area contributed by atoms with Crippen LogP contribution in [0.3, 0.4) is 0 Å². The van der Waals surface area contributed by atoms with Gasteiger partial charge in [0, 0.05) is 12.5 Å². The smallest absolute Gasteiger partial charge is 0.164 e. The van der Waals surface area contributed by atoms with Crippen molar-refractivity contribution in [2.45, 2.75) is 12.8 Å². The van der Waals surface area contributed by atoms with Gasteiger partial charge in [0.05, 0.1) is 20.3 Å². The zero-order valence-corrected chi connectivity index (χ0v) is 9.49. The molecule has 88 valence electrons. The van der Waals surface area contributed by atoms with Gasteiger partial charge < -0.3 is 19.9 Å². The quantitative estimate of drug-likeness (QED) is 0.840. The highest BCUT2D eigenvalue weighted by atomic mass is 16.5. The van der Waals surface area contributed by atoms with E-state index in [9.17, 15) is 0 Å². The molecule has 0 saturated carbocycles. The van der Waals surface area contributed by atoms with Gasteiger partial charge in [-0.05, 0) is 24.6 Å². The third kappa shape index (κ3) is 2.22. The van der Waals surface area contributed by atoms with Crippen LogP contribution < -0.4 is 19.9 Å². The van der Waals surface area contributed by atoms with Gasteiger partial charge in [-0.15, -0.1) is 0 Å². The van der Waals surface area contributed by atoms with E-state index in [0.29, 0.717) is 19.8 Å². The number of methoxy groups -OCH3 is 1. The molecule has 4 heteroatoms. The molecular formula is C12H17NO3. The normalized spacial score (nSPS) is 14.4. The molecule has 0 aromatic heterocycles. The third-order valence-electron chi connectivity index (χ3n) is 2.56. The van der Waals surface area contributed by atoms with Crippen molar-refractivity contribution in [1.82, 2.24) is 0 Å².